The lowest BCUT2D eigenvalue weighted by atomic mass is 9.72. The Balaban J connectivity index is 1.73. The maximum absolute atomic E-state index is 13.1. The fourth-order valence-corrected chi connectivity index (χ4v) is 4.38. The Morgan fingerprint density at radius 2 is 1.81 bits per heavy atom. The van der Waals surface area contributed by atoms with Gasteiger partial charge in [0.05, 0.1) is 23.3 Å². The van der Waals surface area contributed by atoms with Crippen LogP contribution in [0.3, 0.4) is 0 Å². The molecule has 2 aromatic rings. The van der Waals surface area contributed by atoms with Crippen LogP contribution in [-0.4, -0.2) is 30.4 Å². The summed E-state index contributed by atoms with van der Waals surface area (Å²) in [4.78, 5) is 12.4. The van der Waals surface area contributed by atoms with Gasteiger partial charge in [0.25, 0.3) is 0 Å². The highest BCUT2D eigenvalue weighted by molar-refractivity contribution is 6.31. The predicted molar refractivity (Wildman–Crippen MR) is 117 cm³/mol. The van der Waals surface area contributed by atoms with Crippen LogP contribution in [0.5, 0.6) is 5.75 Å². The highest BCUT2D eigenvalue weighted by Crippen LogP contribution is 2.40. The molecule has 0 aromatic heterocycles. The molecule has 174 valence electrons. The molecule has 0 heterocycles. The molecule has 1 aliphatic carbocycles. The van der Waals surface area contributed by atoms with Crippen LogP contribution in [0.1, 0.15) is 49.1 Å². The van der Waals surface area contributed by atoms with E-state index >= 15 is 0 Å². The molecule has 0 aliphatic heterocycles. The first kappa shape index (κ1) is 24.2. The Bertz CT molecular complexity index is 929. The average Bonchev–Trinajstić information content (AvgIpc) is 2.75. The first-order chi connectivity index (χ1) is 15.1. The molecule has 9 heteroatoms. The van der Waals surface area contributed by atoms with Gasteiger partial charge in [-0.25, -0.2) is 4.79 Å². The number of urea groups is 1. The van der Waals surface area contributed by atoms with Crippen LogP contribution in [0.2, 0.25) is 5.02 Å². The van der Waals surface area contributed by atoms with Gasteiger partial charge in [0, 0.05) is 18.2 Å². The van der Waals surface area contributed by atoms with Crippen molar-refractivity contribution in [2.24, 2.45) is 0 Å². The van der Waals surface area contributed by atoms with E-state index in [0.717, 1.165) is 37.0 Å². The number of aliphatic hydroxyl groups is 1. The van der Waals surface area contributed by atoms with Gasteiger partial charge in [-0.15, -0.1) is 0 Å². The summed E-state index contributed by atoms with van der Waals surface area (Å²) >= 11 is 5.63. The molecular formula is C23H26ClF3N2O3. The predicted octanol–water partition coefficient (Wildman–Crippen LogP) is 5.97. The fourth-order valence-electron chi connectivity index (χ4n) is 4.16. The smallest absolute Gasteiger partial charge is 0.417 e. The monoisotopic (exact) mass is 470 g/mol. The van der Waals surface area contributed by atoms with Crippen molar-refractivity contribution in [3.8, 4) is 5.75 Å². The lowest BCUT2D eigenvalue weighted by molar-refractivity contribution is -0.137. The number of alkyl halides is 3. The molecule has 2 aromatic carbocycles. The summed E-state index contributed by atoms with van der Waals surface area (Å²) < 4.78 is 44.4. The van der Waals surface area contributed by atoms with Gasteiger partial charge in [0.15, 0.2) is 0 Å². The van der Waals surface area contributed by atoms with E-state index in [1.54, 1.807) is 19.2 Å². The third-order valence-electron chi connectivity index (χ3n) is 5.88. The molecule has 3 rings (SSSR count). The SMILES string of the molecule is COc1ccc(C(CNC(=O)Nc2ccc(Cl)c(C(F)(F)F)c2)C2(O)CCCCC2)cc1. The van der Waals surface area contributed by atoms with Gasteiger partial charge in [-0.2, -0.15) is 13.2 Å². The number of carbonyl (C=O) groups excluding carboxylic acids is 1. The molecule has 32 heavy (non-hydrogen) atoms. The van der Waals surface area contributed by atoms with E-state index in [1.807, 2.05) is 12.1 Å². The van der Waals surface area contributed by atoms with Crippen LogP contribution in [0.25, 0.3) is 0 Å². The van der Waals surface area contributed by atoms with E-state index in [1.165, 1.54) is 6.07 Å². The third-order valence-corrected chi connectivity index (χ3v) is 6.21. The number of ether oxygens (including phenoxy) is 1. The summed E-state index contributed by atoms with van der Waals surface area (Å²) in [5.74, 6) is 0.299. The van der Waals surface area contributed by atoms with Crippen molar-refractivity contribution in [3.05, 3.63) is 58.6 Å². The Labute approximate surface area is 189 Å². The Kier molecular flexibility index (Phi) is 7.56. The number of anilines is 1. The van der Waals surface area contributed by atoms with Gasteiger partial charge < -0.3 is 20.5 Å². The van der Waals surface area contributed by atoms with Gasteiger partial charge >= 0.3 is 12.2 Å². The minimum Gasteiger partial charge on any atom is -0.497 e. The molecule has 0 saturated heterocycles. The molecule has 1 saturated carbocycles. The van der Waals surface area contributed by atoms with Crippen molar-refractivity contribution < 1.29 is 27.8 Å². The zero-order valence-corrected chi connectivity index (χ0v) is 18.4. The van der Waals surface area contributed by atoms with Crippen molar-refractivity contribution >= 4 is 23.3 Å². The molecule has 5 nitrogen and oxygen atoms in total. The lowest BCUT2D eigenvalue weighted by Crippen LogP contribution is -2.45. The second-order valence-corrected chi connectivity index (χ2v) is 8.42. The first-order valence-electron chi connectivity index (χ1n) is 10.4. The summed E-state index contributed by atoms with van der Waals surface area (Å²) in [5.41, 5.74) is -1.19. The number of halogens is 4. The summed E-state index contributed by atoms with van der Waals surface area (Å²) in [6.45, 7) is 0.119. The van der Waals surface area contributed by atoms with Crippen molar-refractivity contribution in [3.63, 3.8) is 0 Å². The van der Waals surface area contributed by atoms with Gasteiger partial charge in [0.2, 0.25) is 0 Å². The number of rotatable bonds is 6. The van der Waals surface area contributed by atoms with Crippen molar-refractivity contribution in [1.82, 2.24) is 5.32 Å². The largest absolute Gasteiger partial charge is 0.497 e. The normalized spacial score (nSPS) is 16.8. The number of methoxy groups -OCH3 is 1. The van der Waals surface area contributed by atoms with E-state index in [2.05, 4.69) is 10.6 Å². The zero-order chi connectivity index (χ0) is 23.4. The van der Waals surface area contributed by atoms with Crippen LogP contribution in [0.4, 0.5) is 23.7 Å². The van der Waals surface area contributed by atoms with E-state index in [9.17, 15) is 23.1 Å². The number of amides is 2. The molecule has 1 aliphatic rings. The molecule has 3 N–H and O–H groups in total. The highest BCUT2D eigenvalue weighted by atomic mass is 35.5. The Morgan fingerprint density at radius 3 is 2.41 bits per heavy atom. The lowest BCUT2D eigenvalue weighted by Gasteiger charge is -2.39. The number of hydrogen-bond acceptors (Lipinski definition) is 3. The summed E-state index contributed by atoms with van der Waals surface area (Å²) in [6.07, 6.45) is -0.586. The van der Waals surface area contributed by atoms with E-state index in [0.29, 0.717) is 18.6 Å². The fraction of sp³-hybridized carbons (Fsp3) is 0.435. The van der Waals surface area contributed by atoms with Gasteiger partial charge in [0.1, 0.15) is 5.75 Å². The van der Waals surface area contributed by atoms with Gasteiger partial charge in [-0.1, -0.05) is 43.0 Å². The van der Waals surface area contributed by atoms with Gasteiger partial charge in [-0.05, 0) is 48.7 Å². The second kappa shape index (κ2) is 10.0. The second-order valence-electron chi connectivity index (χ2n) is 8.02. The minimum absolute atomic E-state index is 0.0309. The standard InChI is InChI=1S/C23H26ClF3N2O3/c1-32-17-8-5-15(6-9-17)19(22(31)11-3-2-4-12-22)14-28-21(30)29-16-7-10-20(24)18(13-16)23(25,26)27/h5-10,13,19,31H,2-4,11-12,14H2,1H3,(H2,28,29,30). The molecule has 1 fully saturated rings. The summed E-state index contributed by atoms with van der Waals surface area (Å²) in [6, 6.07) is 9.80. The van der Waals surface area contributed by atoms with E-state index < -0.39 is 28.4 Å². The van der Waals surface area contributed by atoms with Crippen LogP contribution in [-0.2, 0) is 6.18 Å². The number of hydrogen-bond donors (Lipinski definition) is 3. The van der Waals surface area contributed by atoms with Crippen LogP contribution in [0, 0.1) is 0 Å². The Hall–Kier alpha value is -2.45. The number of benzene rings is 2. The molecule has 0 bridgehead atoms. The first-order valence-corrected chi connectivity index (χ1v) is 10.8. The maximum Gasteiger partial charge on any atom is 0.417 e. The van der Waals surface area contributed by atoms with Crippen molar-refractivity contribution in [1.29, 1.82) is 0 Å². The van der Waals surface area contributed by atoms with Crippen molar-refractivity contribution in [2.75, 3.05) is 19.0 Å². The minimum atomic E-state index is -4.63. The number of carbonyl (C=O) groups is 1. The van der Waals surface area contributed by atoms with Gasteiger partial charge in [-0.3, -0.25) is 0 Å². The van der Waals surface area contributed by atoms with Crippen LogP contribution in [0.15, 0.2) is 42.5 Å². The highest BCUT2D eigenvalue weighted by Gasteiger charge is 2.39. The molecule has 0 radical (unpaired) electrons. The van der Waals surface area contributed by atoms with E-state index in [-0.39, 0.29) is 18.2 Å². The van der Waals surface area contributed by atoms with Crippen molar-refractivity contribution in [2.45, 2.75) is 49.8 Å². The molecule has 2 amide bonds. The van der Waals surface area contributed by atoms with E-state index in [4.69, 9.17) is 16.3 Å². The molecule has 0 spiro atoms. The van der Waals surface area contributed by atoms with Crippen LogP contribution < -0.4 is 15.4 Å². The Morgan fingerprint density at radius 1 is 1.16 bits per heavy atom. The van der Waals surface area contributed by atoms with Crippen LogP contribution >= 0.6 is 11.6 Å². The zero-order valence-electron chi connectivity index (χ0n) is 17.6. The quantitative estimate of drug-likeness (QED) is 0.487. The average molecular weight is 471 g/mol. The summed E-state index contributed by atoms with van der Waals surface area (Å²) in [7, 11) is 1.56. The number of nitrogens with one attached hydrogen (secondary N) is 2. The topological polar surface area (TPSA) is 70.6 Å². The summed E-state index contributed by atoms with van der Waals surface area (Å²) in [5, 5.41) is 16.0. The molecule has 1 atom stereocenters. The third kappa shape index (κ3) is 5.86. The molecule has 1 unspecified atom stereocenters. The molecular weight excluding hydrogens is 445 g/mol. The maximum atomic E-state index is 13.1.